The molecule has 0 radical (unpaired) electrons. The topological polar surface area (TPSA) is 76.1 Å². The first kappa shape index (κ1) is 14.4. The second-order valence-corrected chi connectivity index (χ2v) is 5.99. The number of hydrogen-bond acceptors (Lipinski definition) is 4. The predicted molar refractivity (Wildman–Crippen MR) is 74.7 cm³/mol. The highest BCUT2D eigenvalue weighted by Gasteiger charge is 2.14. The molecule has 1 heterocycles. The minimum Gasteiger partial charge on any atom is -0.295 e. The molecule has 2 rings (SSSR count). The highest BCUT2D eigenvalue weighted by atomic mass is 32.2. The van der Waals surface area contributed by atoms with E-state index in [1.54, 1.807) is 24.4 Å². The third-order valence-electron chi connectivity index (χ3n) is 2.74. The summed E-state index contributed by atoms with van der Waals surface area (Å²) in [7, 11) is -3.60. The summed E-state index contributed by atoms with van der Waals surface area (Å²) in [5, 5.41) is 0. The summed E-state index contributed by atoms with van der Waals surface area (Å²) < 4.78 is 26.6. The van der Waals surface area contributed by atoms with Crippen LogP contribution in [0.5, 0.6) is 0 Å². The average molecular weight is 290 g/mol. The molecule has 6 heteroatoms. The Morgan fingerprint density at radius 1 is 1.15 bits per heavy atom. The lowest BCUT2D eigenvalue weighted by molar-refractivity contribution is 0.101. The van der Waals surface area contributed by atoms with Gasteiger partial charge in [0.25, 0.3) is 0 Å². The van der Waals surface area contributed by atoms with E-state index in [4.69, 9.17) is 0 Å². The molecule has 0 spiro atoms. The Hall–Kier alpha value is -2.05. The SMILES string of the molecule is CC(=O)c1ccc(S(=O)(=O)NCc2ccccn2)cc1. The summed E-state index contributed by atoms with van der Waals surface area (Å²) in [5.41, 5.74) is 1.12. The van der Waals surface area contributed by atoms with E-state index in [1.165, 1.54) is 31.2 Å². The minimum atomic E-state index is -3.60. The molecule has 0 aliphatic rings. The summed E-state index contributed by atoms with van der Waals surface area (Å²) in [6.45, 7) is 1.56. The molecule has 0 saturated heterocycles. The normalized spacial score (nSPS) is 11.2. The summed E-state index contributed by atoms with van der Waals surface area (Å²) in [4.78, 5) is 15.3. The van der Waals surface area contributed by atoms with Crippen LogP contribution in [0.1, 0.15) is 23.0 Å². The van der Waals surface area contributed by atoms with Crippen molar-refractivity contribution in [2.24, 2.45) is 0 Å². The van der Waals surface area contributed by atoms with Crippen LogP contribution >= 0.6 is 0 Å². The molecule has 1 N–H and O–H groups in total. The van der Waals surface area contributed by atoms with Gasteiger partial charge in [0.15, 0.2) is 5.78 Å². The van der Waals surface area contributed by atoms with Gasteiger partial charge in [0, 0.05) is 11.8 Å². The number of carbonyl (C=O) groups excluding carboxylic acids is 1. The molecule has 0 atom stereocenters. The van der Waals surface area contributed by atoms with Crippen molar-refractivity contribution in [1.82, 2.24) is 9.71 Å². The van der Waals surface area contributed by atoms with Crippen LogP contribution in [0.3, 0.4) is 0 Å². The van der Waals surface area contributed by atoms with Crippen LogP contribution < -0.4 is 4.72 Å². The van der Waals surface area contributed by atoms with E-state index < -0.39 is 10.0 Å². The summed E-state index contributed by atoms with van der Waals surface area (Å²) >= 11 is 0. The van der Waals surface area contributed by atoms with Gasteiger partial charge in [-0.1, -0.05) is 18.2 Å². The van der Waals surface area contributed by atoms with Gasteiger partial charge in [-0.3, -0.25) is 9.78 Å². The Balaban J connectivity index is 2.12. The number of ketones is 1. The van der Waals surface area contributed by atoms with E-state index in [1.807, 2.05) is 0 Å². The Kier molecular flexibility index (Phi) is 4.26. The largest absolute Gasteiger partial charge is 0.295 e. The van der Waals surface area contributed by atoms with Crippen LogP contribution in [0, 0.1) is 0 Å². The average Bonchev–Trinajstić information content (AvgIpc) is 2.46. The number of hydrogen-bond donors (Lipinski definition) is 1. The molecule has 0 aliphatic heterocycles. The molecule has 0 aliphatic carbocycles. The Labute approximate surface area is 117 Å². The van der Waals surface area contributed by atoms with Crippen LogP contribution in [0.15, 0.2) is 53.6 Å². The van der Waals surface area contributed by atoms with Gasteiger partial charge in [-0.15, -0.1) is 0 Å². The van der Waals surface area contributed by atoms with Gasteiger partial charge < -0.3 is 0 Å². The summed E-state index contributed by atoms with van der Waals surface area (Å²) in [6, 6.07) is 11.1. The third-order valence-corrected chi connectivity index (χ3v) is 4.16. The lowest BCUT2D eigenvalue weighted by Crippen LogP contribution is -2.23. The van der Waals surface area contributed by atoms with Gasteiger partial charge in [-0.05, 0) is 31.2 Å². The smallest absolute Gasteiger partial charge is 0.240 e. The summed E-state index contributed by atoms with van der Waals surface area (Å²) in [6.07, 6.45) is 1.60. The fourth-order valence-electron chi connectivity index (χ4n) is 1.62. The van der Waals surface area contributed by atoms with Crippen molar-refractivity contribution < 1.29 is 13.2 Å². The van der Waals surface area contributed by atoms with Crippen molar-refractivity contribution in [1.29, 1.82) is 0 Å². The molecule has 1 aromatic heterocycles. The molecule has 5 nitrogen and oxygen atoms in total. The van der Waals surface area contributed by atoms with Gasteiger partial charge in [-0.25, -0.2) is 13.1 Å². The second kappa shape index (κ2) is 5.94. The lowest BCUT2D eigenvalue weighted by Gasteiger charge is -2.06. The van der Waals surface area contributed by atoms with E-state index in [0.717, 1.165) is 0 Å². The highest BCUT2D eigenvalue weighted by Crippen LogP contribution is 2.11. The van der Waals surface area contributed by atoms with E-state index in [0.29, 0.717) is 11.3 Å². The van der Waals surface area contributed by atoms with Crippen molar-refractivity contribution >= 4 is 15.8 Å². The van der Waals surface area contributed by atoms with Crippen LogP contribution in [-0.4, -0.2) is 19.2 Å². The Morgan fingerprint density at radius 2 is 1.85 bits per heavy atom. The van der Waals surface area contributed by atoms with Crippen LogP contribution in [0.4, 0.5) is 0 Å². The van der Waals surface area contributed by atoms with Crippen LogP contribution in [-0.2, 0) is 16.6 Å². The number of benzene rings is 1. The standard InChI is InChI=1S/C14H14N2O3S/c1-11(17)12-5-7-14(8-6-12)20(18,19)16-10-13-4-2-3-9-15-13/h2-9,16H,10H2,1H3. The molecule has 2 aromatic rings. The van der Waals surface area contributed by atoms with Gasteiger partial charge in [0.1, 0.15) is 0 Å². The first-order valence-corrected chi connectivity index (χ1v) is 7.48. The van der Waals surface area contributed by atoms with Crippen molar-refractivity contribution in [2.75, 3.05) is 0 Å². The minimum absolute atomic E-state index is 0.101. The molecule has 0 bridgehead atoms. The maximum atomic E-state index is 12.1. The van der Waals surface area contributed by atoms with E-state index in [-0.39, 0.29) is 17.2 Å². The third kappa shape index (κ3) is 3.49. The van der Waals surface area contributed by atoms with Crippen molar-refractivity contribution in [3.63, 3.8) is 0 Å². The molecule has 1 aromatic carbocycles. The number of rotatable bonds is 5. The molecule has 104 valence electrons. The van der Waals surface area contributed by atoms with Crippen LogP contribution in [0.2, 0.25) is 0 Å². The molecular formula is C14H14N2O3S. The fourth-order valence-corrected chi connectivity index (χ4v) is 2.62. The number of pyridine rings is 1. The second-order valence-electron chi connectivity index (χ2n) is 4.23. The lowest BCUT2D eigenvalue weighted by atomic mass is 10.2. The maximum Gasteiger partial charge on any atom is 0.240 e. The highest BCUT2D eigenvalue weighted by molar-refractivity contribution is 7.89. The van der Waals surface area contributed by atoms with Crippen molar-refractivity contribution in [3.05, 3.63) is 59.9 Å². The molecule has 20 heavy (non-hydrogen) atoms. The zero-order valence-corrected chi connectivity index (χ0v) is 11.7. The quantitative estimate of drug-likeness (QED) is 0.851. The van der Waals surface area contributed by atoms with E-state index in [9.17, 15) is 13.2 Å². The number of nitrogens with zero attached hydrogens (tertiary/aromatic N) is 1. The monoisotopic (exact) mass is 290 g/mol. The van der Waals surface area contributed by atoms with Gasteiger partial charge in [0.2, 0.25) is 10.0 Å². The molecule has 0 amide bonds. The first-order valence-electron chi connectivity index (χ1n) is 5.99. The fraction of sp³-hybridized carbons (Fsp3) is 0.143. The molecule has 0 unspecified atom stereocenters. The molecule has 0 fully saturated rings. The summed E-state index contributed by atoms with van der Waals surface area (Å²) in [5.74, 6) is -0.101. The predicted octanol–water partition coefficient (Wildman–Crippen LogP) is 1.76. The number of carbonyl (C=O) groups is 1. The zero-order valence-electron chi connectivity index (χ0n) is 10.9. The van der Waals surface area contributed by atoms with Crippen molar-refractivity contribution in [3.8, 4) is 0 Å². The molecular weight excluding hydrogens is 276 g/mol. The van der Waals surface area contributed by atoms with Crippen LogP contribution in [0.25, 0.3) is 0 Å². The van der Waals surface area contributed by atoms with E-state index in [2.05, 4.69) is 9.71 Å². The number of nitrogens with one attached hydrogen (secondary N) is 1. The van der Waals surface area contributed by atoms with Gasteiger partial charge >= 0.3 is 0 Å². The van der Waals surface area contributed by atoms with E-state index >= 15 is 0 Å². The number of Topliss-reactive ketones (excluding diaryl/α,β-unsaturated/α-hetero) is 1. The number of sulfonamides is 1. The molecule has 0 saturated carbocycles. The van der Waals surface area contributed by atoms with Gasteiger partial charge in [0.05, 0.1) is 17.1 Å². The Bertz CT molecular complexity index is 695. The Morgan fingerprint density at radius 3 is 2.40 bits per heavy atom. The first-order chi connectivity index (χ1) is 9.49. The number of aromatic nitrogens is 1. The maximum absolute atomic E-state index is 12.1. The van der Waals surface area contributed by atoms with Crippen molar-refractivity contribution in [2.45, 2.75) is 18.4 Å². The van der Waals surface area contributed by atoms with Gasteiger partial charge in [-0.2, -0.15) is 0 Å². The zero-order chi connectivity index (χ0) is 14.6.